The van der Waals surface area contributed by atoms with E-state index < -0.39 is 6.04 Å². The molecule has 0 aliphatic rings. The number of rotatable bonds is 8. The highest BCUT2D eigenvalue weighted by Crippen LogP contribution is 2.07. The maximum atomic E-state index is 12.3. The van der Waals surface area contributed by atoms with Crippen molar-refractivity contribution in [3.8, 4) is 0 Å². The smallest absolute Gasteiger partial charge is 0.234 e. The van der Waals surface area contributed by atoms with Crippen LogP contribution < -0.4 is 5.32 Å². The third kappa shape index (κ3) is 6.51. The van der Waals surface area contributed by atoms with Crippen LogP contribution in [-0.2, 0) is 22.6 Å². The van der Waals surface area contributed by atoms with Crippen molar-refractivity contribution in [2.45, 2.75) is 32.9 Å². The molecular weight excluding hydrogens is 312 g/mol. The van der Waals surface area contributed by atoms with Crippen molar-refractivity contribution in [1.82, 2.24) is 10.2 Å². The molecule has 0 saturated heterocycles. The highest BCUT2D eigenvalue weighted by molar-refractivity contribution is 5.88. The van der Waals surface area contributed by atoms with E-state index >= 15 is 0 Å². The molecule has 0 saturated carbocycles. The van der Waals surface area contributed by atoms with Gasteiger partial charge in [-0.3, -0.25) is 14.5 Å². The van der Waals surface area contributed by atoms with Gasteiger partial charge >= 0.3 is 0 Å². The van der Waals surface area contributed by atoms with Gasteiger partial charge in [-0.25, -0.2) is 0 Å². The van der Waals surface area contributed by atoms with Gasteiger partial charge in [-0.05, 0) is 38.4 Å². The summed E-state index contributed by atoms with van der Waals surface area (Å²) in [5.41, 5.74) is 3.42. The fourth-order valence-corrected chi connectivity index (χ4v) is 2.69. The molecule has 0 aromatic heterocycles. The van der Waals surface area contributed by atoms with Crippen molar-refractivity contribution in [3.05, 3.63) is 71.3 Å². The topological polar surface area (TPSA) is 49.4 Å². The fraction of sp³-hybridized carbons (Fsp3) is 0.333. The summed E-state index contributed by atoms with van der Waals surface area (Å²) in [5.74, 6) is -0.163. The van der Waals surface area contributed by atoms with Crippen LogP contribution in [0, 0.1) is 6.92 Å². The monoisotopic (exact) mass is 338 g/mol. The third-order valence-corrected chi connectivity index (χ3v) is 4.10. The number of hydrogen-bond donors (Lipinski definition) is 1. The van der Waals surface area contributed by atoms with Crippen molar-refractivity contribution in [2.75, 3.05) is 13.6 Å². The van der Waals surface area contributed by atoms with Crippen LogP contribution in [0.25, 0.3) is 0 Å². The summed E-state index contributed by atoms with van der Waals surface area (Å²) >= 11 is 0. The van der Waals surface area contributed by atoms with Gasteiger partial charge in [0.25, 0.3) is 0 Å². The minimum absolute atomic E-state index is 0.0293. The lowest BCUT2D eigenvalue weighted by molar-refractivity contribution is -0.127. The van der Waals surface area contributed by atoms with E-state index in [2.05, 4.69) is 36.5 Å². The SMILES string of the molecule is CC(=O)[C@H](Cc1ccccc1)NC(=O)CN(C)Cc1ccc(C)cc1. The molecule has 1 amide bonds. The van der Waals surface area contributed by atoms with Gasteiger partial charge in [0.1, 0.15) is 0 Å². The van der Waals surface area contributed by atoms with E-state index in [1.54, 1.807) is 0 Å². The van der Waals surface area contributed by atoms with Crippen molar-refractivity contribution < 1.29 is 9.59 Å². The van der Waals surface area contributed by atoms with Crippen LogP contribution in [-0.4, -0.2) is 36.2 Å². The van der Waals surface area contributed by atoms with E-state index in [0.717, 1.165) is 11.1 Å². The molecule has 0 aliphatic carbocycles. The van der Waals surface area contributed by atoms with E-state index in [4.69, 9.17) is 0 Å². The van der Waals surface area contributed by atoms with Crippen LogP contribution >= 0.6 is 0 Å². The third-order valence-electron chi connectivity index (χ3n) is 4.10. The number of Topliss-reactive ketones (excluding diaryl/α,β-unsaturated/α-hetero) is 1. The van der Waals surface area contributed by atoms with Crippen LogP contribution in [0.15, 0.2) is 54.6 Å². The second-order valence-electron chi connectivity index (χ2n) is 6.58. The Bertz CT molecular complexity index is 696. The van der Waals surface area contributed by atoms with Gasteiger partial charge in [0, 0.05) is 6.54 Å². The van der Waals surface area contributed by atoms with E-state index in [-0.39, 0.29) is 18.2 Å². The quantitative estimate of drug-likeness (QED) is 0.805. The zero-order chi connectivity index (χ0) is 18.2. The number of carbonyl (C=O) groups is 2. The van der Waals surface area contributed by atoms with Crippen molar-refractivity contribution in [1.29, 1.82) is 0 Å². The summed E-state index contributed by atoms with van der Waals surface area (Å²) in [4.78, 5) is 26.1. The molecule has 2 aromatic carbocycles. The average molecular weight is 338 g/mol. The van der Waals surface area contributed by atoms with Crippen molar-refractivity contribution in [2.24, 2.45) is 0 Å². The Labute approximate surface area is 149 Å². The summed E-state index contributed by atoms with van der Waals surface area (Å²) < 4.78 is 0. The van der Waals surface area contributed by atoms with Crippen LogP contribution in [0.2, 0.25) is 0 Å². The van der Waals surface area contributed by atoms with Gasteiger partial charge in [-0.1, -0.05) is 60.2 Å². The number of aryl methyl sites for hydroxylation is 1. The number of likely N-dealkylation sites (N-methyl/N-ethyl adjacent to an activating group) is 1. The zero-order valence-electron chi connectivity index (χ0n) is 15.2. The molecule has 4 heteroatoms. The number of carbonyl (C=O) groups excluding carboxylic acids is 2. The van der Waals surface area contributed by atoms with Crippen LogP contribution in [0.5, 0.6) is 0 Å². The molecule has 0 unspecified atom stereocenters. The first-order chi connectivity index (χ1) is 11.9. The molecule has 0 spiro atoms. The molecular formula is C21H26N2O2. The van der Waals surface area contributed by atoms with Crippen LogP contribution in [0.1, 0.15) is 23.6 Å². The van der Waals surface area contributed by atoms with E-state index in [9.17, 15) is 9.59 Å². The average Bonchev–Trinajstić information content (AvgIpc) is 2.57. The zero-order valence-corrected chi connectivity index (χ0v) is 15.2. The van der Waals surface area contributed by atoms with Crippen molar-refractivity contribution >= 4 is 11.7 Å². The molecule has 132 valence electrons. The summed E-state index contributed by atoms with van der Waals surface area (Å²) in [6.07, 6.45) is 0.517. The Balaban J connectivity index is 1.87. The van der Waals surface area contributed by atoms with Gasteiger partial charge in [0.2, 0.25) is 5.91 Å². The van der Waals surface area contributed by atoms with Gasteiger partial charge in [-0.15, -0.1) is 0 Å². The molecule has 1 atom stereocenters. The molecule has 2 aromatic rings. The molecule has 0 fully saturated rings. The van der Waals surface area contributed by atoms with Crippen molar-refractivity contribution in [3.63, 3.8) is 0 Å². The normalized spacial score (nSPS) is 12.0. The molecule has 0 aliphatic heterocycles. The summed E-state index contributed by atoms with van der Waals surface area (Å²) in [6, 6.07) is 17.5. The number of amides is 1. The first kappa shape index (κ1) is 18.9. The Hall–Kier alpha value is -2.46. The minimum atomic E-state index is -0.484. The Morgan fingerprint density at radius 2 is 1.64 bits per heavy atom. The summed E-state index contributed by atoms with van der Waals surface area (Å²) in [5, 5.41) is 2.86. The van der Waals surface area contributed by atoms with E-state index in [1.807, 2.05) is 42.3 Å². The largest absolute Gasteiger partial charge is 0.345 e. The molecule has 0 heterocycles. The van der Waals surface area contributed by atoms with Gasteiger partial charge in [-0.2, -0.15) is 0 Å². The summed E-state index contributed by atoms with van der Waals surface area (Å²) in [6.45, 7) is 4.52. The van der Waals surface area contributed by atoms with Gasteiger partial charge in [0.15, 0.2) is 5.78 Å². The lowest BCUT2D eigenvalue weighted by Crippen LogP contribution is -2.45. The second-order valence-corrected chi connectivity index (χ2v) is 6.58. The Morgan fingerprint density at radius 3 is 2.24 bits per heavy atom. The number of hydrogen-bond acceptors (Lipinski definition) is 3. The lowest BCUT2D eigenvalue weighted by atomic mass is 10.0. The summed E-state index contributed by atoms with van der Waals surface area (Å²) in [7, 11) is 1.90. The van der Waals surface area contributed by atoms with E-state index in [1.165, 1.54) is 12.5 Å². The Morgan fingerprint density at radius 1 is 1.00 bits per heavy atom. The van der Waals surface area contributed by atoms with Crippen LogP contribution in [0.4, 0.5) is 0 Å². The molecule has 0 bridgehead atoms. The highest BCUT2D eigenvalue weighted by atomic mass is 16.2. The maximum Gasteiger partial charge on any atom is 0.234 e. The van der Waals surface area contributed by atoms with Gasteiger partial charge in [0.05, 0.1) is 12.6 Å². The maximum absolute atomic E-state index is 12.3. The van der Waals surface area contributed by atoms with Crippen LogP contribution in [0.3, 0.4) is 0 Å². The molecule has 1 N–H and O–H groups in total. The standard InChI is InChI=1S/C21H26N2O2/c1-16-9-11-19(12-10-16)14-23(3)15-21(25)22-20(17(2)24)13-18-7-5-4-6-8-18/h4-12,20H,13-15H2,1-3H3,(H,22,25)/t20-/m0/s1. The first-order valence-corrected chi connectivity index (χ1v) is 8.52. The van der Waals surface area contributed by atoms with E-state index in [0.29, 0.717) is 13.0 Å². The molecule has 2 rings (SSSR count). The number of nitrogens with zero attached hydrogens (tertiary/aromatic N) is 1. The molecule has 25 heavy (non-hydrogen) atoms. The Kier molecular flexibility index (Phi) is 6.90. The first-order valence-electron chi connectivity index (χ1n) is 8.52. The highest BCUT2D eigenvalue weighted by Gasteiger charge is 2.18. The number of nitrogens with one attached hydrogen (secondary N) is 1. The van der Waals surface area contributed by atoms with Gasteiger partial charge < -0.3 is 5.32 Å². The lowest BCUT2D eigenvalue weighted by Gasteiger charge is -2.20. The molecule has 4 nitrogen and oxygen atoms in total. The number of benzene rings is 2. The predicted octanol–water partition coefficient (Wildman–Crippen LogP) is 2.74. The second kappa shape index (κ2) is 9.14. The molecule has 0 radical (unpaired) electrons. The predicted molar refractivity (Wildman–Crippen MR) is 100 cm³/mol. The minimum Gasteiger partial charge on any atom is -0.345 e. The number of ketones is 1. The fourth-order valence-electron chi connectivity index (χ4n) is 2.69.